The average Bonchev–Trinajstić information content (AvgIpc) is 2.99. The Kier molecular flexibility index (Phi) is 7.47. The van der Waals surface area contributed by atoms with Crippen molar-refractivity contribution in [2.45, 2.75) is 12.8 Å². The zero-order chi connectivity index (χ0) is 18.8. The number of nitrogens with zero attached hydrogens (tertiary/aromatic N) is 1. The van der Waals surface area contributed by atoms with Gasteiger partial charge in [0.25, 0.3) is 6.01 Å². The second kappa shape index (κ2) is 10.1. The van der Waals surface area contributed by atoms with Crippen LogP contribution in [0.1, 0.15) is 18.4 Å². The van der Waals surface area contributed by atoms with Crippen LogP contribution >= 0.6 is 11.6 Å². The highest BCUT2D eigenvalue weighted by molar-refractivity contribution is 6.32. The molecular formula is C19H16ClFN2O3. The van der Waals surface area contributed by atoms with Crippen molar-refractivity contribution in [3.63, 3.8) is 0 Å². The molecule has 0 unspecified atom stereocenters. The van der Waals surface area contributed by atoms with Gasteiger partial charge in [-0.05, 0) is 18.2 Å². The number of halogens is 2. The number of hydrogen-bond donors (Lipinski definition) is 2. The van der Waals surface area contributed by atoms with Crippen LogP contribution < -0.4 is 4.74 Å². The Hall–Kier alpha value is -3.04. The summed E-state index contributed by atoms with van der Waals surface area (Å²) in [5.41, 5.74) is 1.95. The van der Waals surface area contributed by atoms with Crippen LogP contribution in [0.3, 0.4) is 0 Å². The number of carbonyl (C=O) groups is 1. The Balaban J connectivity index is 2.07. The van der Waals surface area contributed by atoms with Crippen molar-refractivity contribution in [3.05, 3.63) is 59.4 Å². The van der Waals surface area contributed by atoms with Crippen LogP contribution in [0.5, 0.6) is 6.01 Å². The largest absolute Gasteiger partial charge is 0.481 e. The molecule has 0 radical (unpaired) electrons. The third-order valence-corrected chi connectivity index (χ3v) is 3.35. The number of allylic oxidation sites excluding steroid dienone is 4. The number of rotatable bonds is 7. The summed E-state index contributed by atoms with van der Waals surface area (Å²) in [6, 6.07) is 3.66. The lowest BCUT2D eigenvalue weighted by Crippen LogP contribution is -1.91. The number of carboxylic acid groups (broad SMARTS) is 1. The highest BCUT2D eigenvalue weighted by atomic mass is 35.5. The van der Waals surface area contributed by atoms with Crippen LogP contribution in [-0.4, -0.2) is 27.7 Å². The van der Waals surface area contributed by atoms with Gasteiger partial charge >= 0.3 is 5.97 Å². The van der Waals surface area contributed by atoms with E-state index in [9.17, 15) is 9.18 Å². The number of fused-ring (bicyclic) bond motifs is 1. The molecule has 26 heavy (non-hydrogen) atoms. The molecule has 2 aromatic rings. The standard InChI is InChI=1S/C19H16ClFN2O3/c20-15-13-17-16(22-19(23-17)26-11-7-9-18(24)25)12-14(15)8-5-3-1-2-4-6-10-21/h1-2,4,6-7,11-13H,3,9-10H2,(H,22,23)(H,24,25)/b2-1-,6-4-,11-7+. The summed E-state index contributed by atoms with van der Waals surface area (Å²) in [5, 5.41) is 9.01. The second-order valence-corrected chi connectivity index (χ2v) is 5.40. The number of nitrogens with one attached hydrogen (secondary N) is 1. The molecule has 2 rings (SSSR count). The van der Waals surface area contributed by atoms with Crippen molar-refractivity contribution < 1.29 is 19.0 Å². The quantitative estimate of drug-likeness (QED) is 0.427. The smallest absolute Gasteiger partial charge is 0.307 e. The predicted octanol–water partition coefficient (Wildman–Crippen LogP) is 4.41. The van der Waals surface area contributed by atoms with E-state index in [0.717, 1.165) is 0 Å². The second-order valence-electron chi connectivity index (χ2n) is 5.00. The van der Waals surface area contributed by atoms with Gasteiger partial charge in [-0.3, -0.25) is 4.79 Å². The van der Waals surface area contributed by atoms with E-state index >= 15 is 0 Å². The van der Waals surface area contributed by atoms with Crippen molar-refractivity contribution in [2.24, 2.45) is 0 Å². The normalized spacial score (nSPS) is 11.5. The predicted molar refractivity (Wildman–Crippen MR) is 98.9 cm³/mol. The Morgan fingerprint density at radius 2 is 2.15 bits per heavy atom. The van der Waals surface area contributed by atoms with Crippen LogP contribution in [0.15, 0.2) is 48.8 Å². The average molecular weight is 375 g/mol. The van der Waals surface area contributed by atoms with Gasteiger partial charge in [-0.2, -0.15) is 4.98 Å². The molecule has 1 heterocycles. The lowest BCUT2D eigenvalue weighted by atomic mass is 10.2. The number of aliphatic carboxylic acids is 1. The lowest BCUT2D eigenvalue weighted by Gasteiger charge is -1.95. The summed E-state index contributed by atoms with van der Waals surface area (Å²) in [6.45, 7) is -0.489. The number of imidazole rings is 1. The van der Waals surface area contributed by atoms with Gasteiger partial charge in [0.2, 0.25) is 0 Å². The van der Waals surface area contributed by atoms with Gasteiger partial charge < -0.3 is 14.8 Å². The summed E-state index contributed by atoms with van der Waals surface area (Å²) in [4.78, 5) is 17.6. The van der Waals surface area contributed by atoms with Crippen molar-refractivity contribution in [1.29, 1.82) is 0 Å². The zero-order valence-corrected chi connectivity index (χ0v) is 14.5. The van der Waals surface area contributed by atoms with Crippen molar-refractivity contribution in [3.8, 4) is 17.9 Å². The summed E-state index contributed by atoms with van der Waals surface area (Å²) in [7, 11) is 0. The molecular weight excluding hydrogens is 359 g/mol. The molecule has 134 valence electrons. The first kappa shape index (κ1) is 19.3. The molecule has 2 N–H and O–H groups in total. The number of H-pyrrole nitrogens is 1. The summed E-state index contributed by atoms with van der Waals surface area (Å²) < 4.78 is 17.1. The molecule has 0 aliphatic carbocycles. The van der Waals surface area contributed by atoms with Crippen LogP contribution in [0.25, 0.3) is 11.0 Å². The Morgan fingerprint density at radius 1 is 1.35 bits per heavy atom. The third-order valence-electron chi connectivity index (χ3n) is 3.03. The van der Waals surface area contributed by atoms with Crippen LogP contribution in [0.2, 0.25) is 5.02 Å². The molecule has 0 saturated carbocycles. The fourth-order valence-electron chi connectivity index (χ4n) is 1.90. The third kappa shape index (κ3) is 6.11. The van der Waals surface area contributed by atoms with Gasteiger partial charge in [-0.15, -0.1) is 0 Å². The number of benzene rings is 1. The van der Waals surface area contributed by atoms with E-state index in [1.807, 2.05) is 6.08 Å². The maximum absolute atomic E-state index is 11.9. The Bertz CT molecular complexity index is 920. The van der Waals surface area contributed by atoms with Gasteiger partial charge in [-0.25, -0.2) is 4.39 Å². The molecule has 0 fully saturated rings. The Morgan fingerprint density at radius 3 is 2.92 bits per heavy atom. The van der Waals surface area contributed by atoms with E-state index < -0.39 is 12.6 Å². The number of aromatic amines is 1. The molecule has 0 aliphatic rings. The molecule has 1 aromatic carbocycles. The minimum Gasteiger partial charge on any atom is -0.481 e. The first-order valence-electron chi connectivity index (χ1n) is 7.69. The molecule has 7 heteroatoms. The first-order valence-corrected chi connectivity index (χ1v) is 8.07. The molecule has 0 atom stereocenters. The number of aromatic nitrogens is 2. The van der Waals surface area contributed by atoms with E-state index in [1.54, 1.807) is 24.3 Å². The van der Waals surface area contributed by atoms with Gasteiger partial charge in [0.1, 0.15) is 6.67 Å². The van der Waals surface area contributed by atoms with E-state index in [2.05, 4.69) is 21.8 Å². The van der Waals surface area contributed by atoms with Crippen molar-refractivity contribution in [2.75, 3.05) is 6.67 Å². The van der Waals surface area contributed by atoms with E-state index in [4.69, 9.17) is 21.4 Å². The SMILES string of the molecule is O=C(O)C/C=C/Oc1nc2cc(Cl)c(C#CC/C=C\C=C/CF)cc2[nH]1. The first-order chi connectivity index (χ1) is 12.6. The maximum atomic E-state index is 11.9. The molecule has 1 aromatic heterocycles. The van der Waals surface area contributed by atoms with Crippen LogP contribution in [0, 0.1) is 11.8 Å². The molecule has 5 nitrogen and oxygen atoms in total. The van der Waals surface area contributed by atoms with Crippen molar-refractivity contribution >= 4 is 28.6 Å². The van der Waals surface area contributed by atoms with E-state index in [1.165, 1.54) is 18.4 Å². The van der Waals surface area contributed by atoms with Gasteiger partial charge in [-0.1, -0.05) is 47.7 Å². The number of hydrogen-bond acceptors (Lipinski definition) is 3. The highest BCUT2D eigenvalue weighted by Gasteiger charge is 2.07. The highest BCUT2D eigenvalue weighted by Crippen LogP contribution is 2.24. The molecule has 0 bridgehead atoms. The van der Waals surface area contributed by atoms with Crippen LogP contribution in [-0.2, 0) is 4.79 Å². The van der Waals surface area contributed by atoms with Crippen molar-refractivity contribution in [1.82, 2.24) is 9.97 Å². The minimum atomic E-state index is -0.947. The minimum absolute atomic E-state index is 0.135. The zero-order valence-electron chi connectivity index (χ0n) is 13.7. The molecule has 0 spiro atoms. The number of alkyl halides is 1. The maximum Gasteiger partial charge on any atom is 0.307 e. The monoisotopic (exact) mass is 374 g/mol. The molecule has 0 amide bonds. The Labute approximate surface area is 154 Å². The number of carboxylic acids is 1. The van der Waals surface area contributed by atoms with Gasteiger partial charge in [0, 0.05) is 12.0 Å². The molecule has 0 saturated heterocycles. The number of ether oxygens (including phenoxy) is 1. The van der Waals surface area contributed by atoms with Gasteiger partial charge in [0.05, 0.1) is 28.7 Å². The fourth-order valence-corrected chi connectivity index (χ4v) is 2.11. The topological polar surface area (TPSA) is 75.2 Å². The summed E-state index contributed by atoms with van der Waals surface area (Å²) >= 11 is 6.21. The lowest BCUT2D eigenvalue weighted by molar-refractivity contribution is -0.136. The van der Waals surface area contributed by atoms with Gasteiger partial charge in [0.15, 0.2) is 0 Å². The summed E-state index contributed by atoms with van der Waals surface area (Å²) in [5.74, 6) is 4.99. The molecule has 0 aliphatic heterocycles. The van der Waals surface area contributed by atoms with E-state index in [-0.39, 0.29) is 12.4 Å². The fraction of sp³-hybridized carbons (Fsp3) is 0.158. The van der Waals surface area contributed by atoms with E-state index in [0.29, 0.717) is 28.0 Å². The summed E-state index contributed by atoms with van der Waals surface area (Å²) in [6.07, 6.45) is 9.59. The van der Waals surface area contributed by atoms with Crippen LogP contribution in [0.4, 0.5) is 4.39 Å².